The van der Waals surface area contributed by atoms with E-state index in [1.54, 1.807) is 6.07 Å². The Kier molecular flexibility index (Phi) is 5.93. The van der Waals surface area contributed by atoms with E-state index in [-0.39, 0.29) is 0 Å². The van der Waals surface area contributed by atoms with Crippen molar-refractivity contribution in [3.05, 3.63) is 40.7 Å². The lowest BCUT2D eigenvalue weighted by molar-refractivity contribution is -0.275. The molecule has 1 saturated carbocycles. The van der Waals surface area contributed by atoms with Gasteiger partial charge in [0.15, 0.2) is 11.6 Å². The molecule has 0 aromatic heterocycles. The molecule has 2 aliphatic rings. The van der Waals surface area contributed by atoms with Crippen LogP contribution in [-0.4, -0.2) is 6.36 Å². The average molecular weight is 370 g/mol. The van der Waals surface area contributed by atoms with Crippen molar-refractivity contribution in [3.8, 4) is 5.75 Å². The van der Waals surface area contributed by atoms with E-state index in [1.165, 1.54) is 37.7 Å². The van der Waals surface area contributed by atoms with Crippen LogP contribution in [0.1, 0.15) is 63.0 Å². The van der Waals surface area contributed by atoms with E-state index in [9.17, 15) is 17.6 Å². The molecule has 5 heteroatoms. The Balaban J connectivity index is 1.57. The molecule has 0 aliphatic heterocycles. The van der Waals surface area contributed by atoms with E-state index in [1.807, 2.05) is 6.08 Å². The lowest BCUT2D eigenvalue weighted by atomic mass is 9.78. The highest BCUT2D eigenvalue weighted by atomic mass is 19.4. The van der Waals surface area contributed by atoms with Gasteiger partial charge in [0.2, 0.25) is 0 Å². The first-order valence-electron chi connectivity index (χ1n) is 9.59. The zero-order valence-electron chi connectivity index (χ0n) is 15.2. The minimum Gasteiger partial charge on any atom is -0.403 e. The number of alkyl halides is 3. The maximum Gasteiger partial charge on any atom is 0.573 e. The first kappa shape index (κ1) is 19.2. The summed E-state index contributed by atoms with van der Waals surface area (Å²) in [5, 5.41) is 0. The fraction of sp³-hybridized carbons (Fsp3) is 0.619. The van der Waals surface area contributed by atoms with Crippen LogP contribution >= 0.6 is 0 Å². The van der Waals surface area contributed by atoms with Crippen molar-refractivity contribution in [2.45, 2.75) is 71.1 Å². The highest BCUT2D eigenvalue weighted by Gasteiger charge is 2.33. The normalized spacial score (nSPS) is 23.3. The van der Waals surface area contributed by atoms with E-state index in [0.717, 1.165) is 36.3 Å². The van der Waals surface area contributed by atoms with Gasteiger partial charge in [-0.25, -0.2) is 4.39 Å². The second kappa shape index (κ2) is 8.01. The molecule has 0 atom stereocenters. The van der Waals surface area contributed by atoms with Crippen LogP contribution in [0.15, 0.2) is 23.8 Å². The largest absolute Gasteiger partial charge is 0.573 e. The van der Waals surface area contributed by atoms with Gasteiger partial charge in [0.05, 0.1) is 0 Å². The van der Waals surface area contributed by atoms with Crippen LogP contribution in [0.25, 0.3) is 0 Å². The third-order valence-electron chi connectivity index (χ3n) is 5.96. The molecule has 1 nitrogen and oxygen atoms in total. The predicted octanol–water partition coefficient (Wildman–Crippen LogP) is 6.75. The number of hydrogen-bond acceptors (Lipinski definition) is 1. The lowest BCUT2D eigenvalue weighted by Gasteiger charge is -2.28. The monoisotopic (exact) mass is 370 g/mol. The Labute approximate surface area is 152 Å². The number of benzene rings is 1. The van der Waals surface area contributed by atoms with E-state index in [2.05, 4.69) is 11.7 Å². The molecular weight excluding hydrogens is 344 g/mol. The predicted molar refractivity (Wildman–Crippen MR) is 93.5 cm³/mol. The van der Waals surface area contributed by atoms with Crippen LogP contribution in [0.2, 0.25) is 0 Å². The summed E-state index contributed by atoms with van der Waals surface area (Å²) in [7, 11) is 0. The number of rotatable bonds is 5. The molecule has 2 aliphatic carbocycles. The average Bonchev–Trinajstić information content (AvgIpc) is 2.62. The highest BCUT2D eigenvalue weighted by Crippen LogP contribution is 2.36. The molecule has 1 aromatic rings. The van der Waals surface area contributed by atoms with Crippen LogP contribution in [0.3, 0.4) is 0 Å². The summed E-state index contributed by atoms with van der Waals surface area (Å²) >= 11 is 0. The zero-order valence-corrected chi connectivity index (χ0v) is 15.2. The van der Waals surface area contributed by atoms with Crippen LogP contribution in [0.4, 0.5) is 17.6 Å². The molecule has 3 rings (SSSR count). The Bertz CT molecular complexity index is 655. The van der Waals surface area contributed by atoms with Gasteiger partial charge in [0.25, 0.3) is 0 Å². The number of allylic oxidation sites excluding steroid dienone is 2. The standard InChI is InChI=1S/C21H26F4O/c1-2-14-3-5-15(6-4-14)7-8-16-9-11-18-17(13-16)10-12-19(20(18)22)26-21(23,24)25/h9-10,12,14-15H,2-8,11,13H2,1H3. The molecule has 26 heavy (non-hydrogen) atoms. The Hall–Kier alpha value is -1.52. The maximum absolute atomic E-state index is 14.3. The molecule has 0 amide bonds. The molecule has 0 saturated heterocycles. The van der Waals surface area contributed by atoms with Crippen molar-refractivity contribution in [1.29, 1.82) is 0 Å². The first-order valence-corrected chi connectivity index (χ1v) is 9.59. The summed E-state index contributed by atoms with van der Waals surface area (Å²) in [6.07, 6.45) is 6.79. The molecule has 0 radical (unpaired) electrons. The van der Waals surface area contributed by atoms with Crippen LogP contribution in [-0.2, 0) is 12.8 Å². The third-order valence-corrected chi connectivity index (χ3v) is 5.96. The summed E-state index contributed by atoms with van der Waals surface area (Å²) in [4.78, 5) is 0. The fourth-order valence-corrected chi connectivity index (χ4v) is 4.30. The van der Waals surface area contributed by atoms with Gasteiger partial charge < -0.3 is 4.74 Å². The van der Waals surface area contributed by atoms with Gasteiger partial charge in [-0.05, 0) is 54.7 Å². The molecule has 0 heterocycles. The van der Waals surface area contributed by atoms with Crippen molar-refractivity contribution < 1.29 is 22.3 Å². The molecule has 0 bridgehead atoms. The summed E-state index contributed by atoms with van der Waals surface area (Å²) in [6, 6.07) is 2.66. The molecule has 0 N–H and O–H groups in total. The van der Waals surface area contributed by atoms with Crippen molar-refractivity contribution in [3.63, 3.8) is 0 Å². The van der Waals surface area contributed by atoms with E-state index >= 15 is 0 Å². The fourth-order valence-electron chi connectivity index (χ4n) is 4.30. The zero-order chi connectivity index (χ0) is 18.7. The van der Waals surface area contributed by atoms with Crippen LogP contribution in [0.5, 0.6) is 5.75 Å². The van der Waals surface area contributed by atoms with Crippen LogP contribution in [0, 0.1) is 17.7 Å². The van der Waals surface area contributed by atoms with Crippen molar-refractivity contribution >= 4 is 0 Å². The van der Waals surface area contributed by atoms with Gasteiger partial charge in [0, 0.05) is 0 Å². The smallest absolute Gasteiger partial charge is 0.403 e. The minimum atomic E-state index is -4.87. The second-order valence-corrected chi connectivity index (χ2v) is 7.64. The lowest BCUT2D eigenvalue weighted by Crippen LogP contribution is -2.19. The van der Waals surface area contributed by atoms with Gasteiger partial charge in [-0.2, -0.15) is 0 Å². The Morgan fingerprint density at radius 3 is 2.42 bits per heavy atom. The third kappa shape index (κ3) is 4.80. The van der Waals surface area contributed by atoms with E-state index in [0.29, 0.717) is 18.4 Å². The van der Waals surface area contributed by atoms with Gasteiger partial charge in [-0.3, -0.25) is 0 Å². The quantitative estimate of drug-likeness (QED) is 0.412. The van der Waals surface area contributed by atoms with Crippen molar-refractivity contribution in [1.82, 2.24) is 0 Å². The topological polar surface area (TPSA) is 9.23 Å². The van der Waals surface area contributed by atoms with Gasteiger partial charge >= 0.3 is 6.36 Å². The molecule has 144 valence electrons. The first-order chi connectivity index (χ1) is 12.4. The van der Waals surface area contributed by atoms with E-state index < -0.39 is 17.9 Å². The van der Waals surface area contributed by atoms with Crippen LogP contribution < -0.4 is 4.74 Å². The second-order valence-electron chi connectivity index (χ2n) is 7.64. The Morgan fingerprint density at radius 2 is 1.77 bits per heavy atom. The molecule has 0 spiro atoms. The van der Waals surface area contributed by atoms with Gasteiger partial charge in [-0.15, -0.1) is 13.2 Å². The van der Waals surface area contributed by atoms with Crippen molar-refractivity contribution in [2.24, 2.45) is 11.8 Å². The summed E-state index contributed by atoms with van der Waals surface area (Å²) in [5.74, 6) is 0.0521. The van der Waals surface area contributed by atoms with Crippen molar-refractivity contribution in [2.75, 3.05) is 0 Å². The van der Waals surface area contributed by atoms with Gasteiger partial charge in [0.1, 0.15) is 0 Å². The minimum absolute atomic E-state index is 0.332. The maximum atomic E-state index is 14.3. The number of hydrogen-bond donors (Lipinski definition) is 0. The highest BCUT2D eigenvalue weighted by molar-refractivity contribution is 5.43. The Morgan fingerprint density at radius 1 is 1.08 bits per heavy atom. The van der Waals surface area contributed by atoms with E-state index in [4.69, 9.17) is 0 Å². The summed E-state index contributed by atoms with van der Waals surface area (Å²) in [5.41, 5.74) is 2.39. The molecular formula is C21H26F4O. The molecule has 0 unspecified atom stereocenters. The number of ether oxygens (including phenoxy) is 1. The summed E-state index contributed by atoms with van der Waals surface area (Å²) in [6.45, 7) is 2.26. The number of halogens is 4. The molecule has 1 fully saturated rings. The SMILES string of the molecule is CCC1CCC(CCC2=CCc3c(ccc(OC(F)(F)F)c3F)C2)CC1. The summed E-state index contributed by atoms with van der Waals surface area (Å²) < 4.78 is 55.1. The number of fused-ring (bicyclic) bond motifs is 1. The van der Waals surface area contributed by atoms with Gasteiger partial charge in [-0.1, -0.05) is 56.7 Å². The molecule has 1 aromatic carbocycles.